The maximum Gasteiger partial charge on any atom is 0.170 e. The number of para-hydroxylation sites is 1. The minimum atomic E-state index is -0.470. The molecule has 0 saturated carbocycles. The third kappa shape index (κ3) is 4.22. The van der Waals surface area contributed by atoms with Gasteiger partial charge in [-0.25, -0.2) is 9.98 Å². The minimum Gasteiger partial charge on any atom is -0.455 e. The van der Waals surface area contributed by atoms with E-state index < -0.39 is 6.17 Å². The summed E-state index contributed by atoms with van der Waals surface area (Å²) in [6.07, 6.45) is -0.470. The zero-order valence-electron chi connectivity index (χ0n) is 24.3. The van der Waals surface area contributed by atoms with Gasteiger partial charge in [-0.05, 0) is 39.2 Å². The molecule has 0 amide bonds. The smallest absolute Gasteiger partial charge is 0.170 e. The number of aliphatic imine (C=N–C) groups is 2. The molecule has 0 fully saturated rings. The Balaban J connectivity index is 1.32. The third-order valence-corrected chi connectivity index (χ3v) is 8.73. The van der Waals surface area contributed by atoms with Crippen molar-refractivity contribution < 1.29 is 4.42 Å². The minimum absolute atomic E-state index is 0.470. The number of nitrogens with zero attached hydrogens (tertiary/aromatic N) is 2. The maximum absolute atomic E-state index is 6.74. The van der Waals surface area contributed by atoms with E-state index in [-0.39, 0.29) is 0 Å². The number of furan rings is 1. The van der Waals surface area contributed by atoms with Crippen molar-refractivity contribution >= 4 is 55.2 Å². The molecule has 1 aliphatic rings. The molecule has 1 aromatic heterocycles. The first-order valence-electron chi connectivity index (χ1n) is 15.2. The average Bonchev–Trinajstić information content (AvgIpc) is 3.51. The third-order valence-electron chi connectivity index (χ3n) is 8.73. The van der Waals surface area contributed by atoms with Gasteiger partial charge < -0.3 is 9.73 Å². The summed E-state index contributed by atoms with van der Waals surface area (Å²) >= 11 is 0. The molecule has 9 rings (SSSR count). The Hall–Kier alpha value is -6.00. The first-order chi connectivity index (χ1) is 22.3. The van der Waals surface area contributed by atoms with Crippen LogP contribution in [0.15, 0.2) is 166 Å². The van der Waals surface area contributed by atoms with Gasteiger partial charge in [-0.1, -0.05) is 140 Å². The average molecular weight is 578 g/mol. The summed E-state index contributed by atoms with van der Waals surface area (Å²) < 4.78 is 6.74. The number of benzene rings is 7. The van der Waals surface area contributed by atoms with Crippen molar-refractivity contribution in [2.75, 3.05) is 0 Å². The molecule has 0 aliphatic carbocycles. The lowest BCUT2D eigenvalue weighted by atomic mass is 9.91. The second-order valence-electron chi connectivity index (χ2n) is 11.4. The molecule has 7 aromatic carbocycles. The molecule has 0 atom stereocenters. The van der Waals surface area contributed by atoms with E-state index in [1.807, 2.05) is 48.5 Å². The quantitative estimate of drug-likeness (QED) is 0.212. The molecule has 8 aromatic rings. The fourth-order valence-corrected chi connectivity index (χ4v) is 6.63. The zero-order valence-corrected chi connectivity index (χ0v) is 24.3. The molecule has 1 N–H and O–H groups in total. The molecular formula is C41H27N3O. The fourth-order valence-electron chi connectivity index (χ4n) is 6.63. The molecule has 0 saturated heterocycles. The van der Waals surface area contributed by atoms with Crippen LogP contribution in [0.5, 0.6) is 0 Å². The lowest BCUT2D eigenvalue weighted by Gasteiger charge is -2.23. The van der Waals surface area contributed by atoms with Gasteiger partial charge in [0.05, 0.1) is 0 Å². The van der Waals surface area contributed by atoms with Crippen molar-refractivity contribution in [3.05, 3.63) is 168 Å². The van der Waals surface area contributed by atoms with Crippen molar-refractivity contribution in [2.45, 2.75) is 6.17 Å². The van der Waals surface area contributed by atoms with Gasteiger partial charge in [0, 0.05) is 33.0 Å². The molecule has 0 bridgehead atoms. The largest absolute Gasteiger partial charge is 0.455 e. The number of amidine groups is 2. The van der Waals surface area contributed by atoms with Crippen LogP contribution in [0.4, 0.5) is 0 Å². The Bertz CT molecular complexity index is 2400. The fraction of sp³-hybridized carbons (Fsp3) is 0.0244. The van der Waals surface area contributed by atoms with Crippen LogP contribution in [0.2, 0.25) is 0 Å². The second kappa shape index (κ2) is 10.3. The van der Waals surface area contributed by atoms with E-state index in [1.54, 1.807) is 0 Å². The highest BCUT2D eigenvalue weighted by Crippen LogP contribution is 2.44. The highest BCUT2D eigenvalue weighted by atomic mass is 16.3. The van der Waals surface area contributed by atoms with Crippen LogP contribution < -0.4 is 5.32 Å². The van der Waals surface area contributed by atoms with Crippen LogP contribution in [0.25, 0.3) is 54.6 Å². The van der Waals surface area contributed by atoms with E-state index in [2.05, 4.69) is 108 Å². The topological polar surface area (TPSA) is 49.9 Å². The standard InChI is InChI=1S/C41H27N3O/c1-3-13-26(14-4-1)39-42-40(27-15-5-2-6-16-27)44-41(43-39)34-24-23-32(38-37(34)33-21-11-12-22-36(33)45-38)35-25-28-17-7-8-18-29(28)30-19-9-10-20-31(30)35/h1-25,41H,(H,42,43,44). The van der Waals surface area contributed by atoms with Crippen molar-refractivity contribution in [1.29, 1.82) is 0 Å². The van der Waals surface area contributed by atoms with E-state index in [0.29, 0.717) is 0 Å². The summed E-state index contributed by atoms with van der Waals surface area (Å²) in [4.78, 5) is 10.4. The maximum atomic E-state index is 6.74. The Morgan fingerprint density at radius 1 is 0.489 bits per heavy atom. The molecule has 1 aliphatic heterocycles. The van der Waals surface area contributed by atoms with Crippen molar-refractivity contribution in [1.82, 2.24) is 5.32 Å². The Morgan fingerprint density at radius 3 is 1.78 bits per heavy atom. The van der Waals surface area contributed by atoms with Crippen molar-refractivity contribution in [2.24, 2.45) is 9.98 Å². The second-order valence-corrected chi connectivity index (χ2v) is 11.4. The highest BCUT2D eigenvalue weighted by Gasteiger charge is 2.26. The first kappa shape index (κ1) is 25.5. The van der Waals surface area contributed by atoms with Gasteiger partial charge in [0.2, 0.25) is 0 Å². The van der Waals surface area contributed by atoms with E-state index in [0.717, 1.165) is 61.4 Å². The number of hydrogen-bond acceptors (Lipinski definition) is 4. The van der Waals surface area contributed by atoms with E-state index in [9.17, 15) is 0 Å². The number of fused-ring (bicyclic) bond motifs is 6. The summed E-state index contributed by atoms with van der Waals surface area (Å²) in [6.45, 7) is 0. The molecular weight excluding hydrogens is 550 g/mol. The van der Waals surface area contributed by atoms with Gasteiger partial charge in [-0.15, -0.1) is 0 Å². The molecule has 4 heteroatoms. The summed E-state index contributed by atoms with van der Waals surface area (Å²) in [5, 5.41) is 10.5. The Kier molecular flexibility index (Phi) is 5.85. The van der Waals surface area contributed by atoms with Gasteiger partial charge >= 0.3 is 0 Å². The zero-order chi connectivity index (χ0) is 29.7. The predicted octanol–water partition coefficient (Wildman–Crippen LogP) is 10.1. The monoisotopic (exact) mass is 577 g/mol. The molecule has 2 heterocycles. The van der Waals surface area contributed by atoms with Crippen LogP contribution in [0, 0.1) is 0 Å². The van der Waals surface area contributed by atoms with E-state index >= 15 is 0 Å². The first-order valence-corrected chi connectivity index (χ1v) is 15.2. The predicted molar refractivity (Wildman–Crippen MR) is 186 cm³/mol. The van der Waals surface area contributed by atoms with Gasteiger partial charge in [-0.3, -0.25) is 0 Å². The molecule has 45 heavy (non-hydrogen) atoms. The van der Waals surface area contributed by atoms with Crippen molar-refractivity contribution in [3.63, 3.8) is 0 Å². The molecule has 0 unspecified atom stereocenters. The molecule has 4 nitrogen and oxygen atoms in total. The molecule has 212 valence electrons. The number of rotatable bonds is 4. The van der Waals surface area contributed by atoms with E-state index in [4.69, 9.17) is 14.4 Å². The van der Waals surface area contributed by atoms with Gasteiger partial charge in [0.25, 0.3) is 0 Å². The molecule has 0 spiro atoms. The van der Waals surface area contributed by atoms with E-state index in [1.165, 1.54) is 21.5 Å². The van der Waals surface area contributed by atoms with Crippen LogP contribution >= 0.6 is 0 Å². The van der Waals surface area contributed by atoms with Gasteiger partial charge in [-0.2, -0.15) is 0 Å². The van der Waals surface area contributed by atoms with Gasteiger partial charge in [0.15, 0.2) is 6.17 Å². The Morgan fingerprint density at radius 2 is 1.07 bits per heavy atom. The SMILES string of the molecule is c1ccc(C2=NC(c3ccc(-c4cc5ccccc5c5ccccc45)c4oc5ccccc5c34)N=C(c3ccccc3)N2)cc1. The van der Waals surface area contributed by atoms with Crippen LogP contribution in [-0.2, 0) is 0 Å². The summed E-state index contributed by atoms with van der Waals surface area (Å²) in [5.74, 6) is 1.58. The number of hydrogen-bond donors (Lipinski definition) is 1. The Labute approximate surface area is 260 Å². The normalized spacial score (nSPS) is 13.7. The lowest BCUT2D eigenvalue weighted by Crippen LogP contribution is -2.36. The summed E-state index contributed by atoms with van der Waals surface area (Å²) in [6, 6.07) is 52.7. The highest BCUT2D eigenvalue weighted by molar-refractivity contribution is 6.19. The summed E-state index contributed by atoms with van der Waals surface area (Å²) in [5.41, 5.74) is 6.93. The van der Waals surface area contributed by atoms with Gasteiger partial charge in [0.1, 0.15) is 22.8 Å². The van der Waals surface area contributed by atoms with Crippen LogP contribution in [-0.4, -0.2) is 11.7 Å². The molecule has 0 radical (unpaired) electrons. The number of nitrogens with one attached hydrogen (secondary N) is 1. The van der Waals surface area contributed by atoms with Crippen LogP contribution in [0.3, 0.4) is 0 Å². The van der Waals surface area contributed by atoms with Crippen molar-refractivity contribution in [3.8, 4) is 11.1 Å². The van der Waals surface area contributed by atoms with Crippen LogP contribution in [0.1, 0.15) is 22.9 Å². The summed E-state index contributed by atoms with van der Waals surface area (Å²) in [7, 11) is 0. The lowest BCUT2D eigenvalue weighted by molar-refractivity contribution is 0.669.